The summed E-state index contributed by atoms with van der Waals surface area (Å²) in [5.74, 6) is -0.529. The van der Waals surface area contributed by atoms with Crippen LogP contribution in [0.25, 0.3) is 0 Å². The molecule has 1 heterocycles. The number of benzene rings is 1. The summed E-state index contributed by atoms with van der Waals surface area (Å²) in [5.41, 5.74) is 2.28. The van der Waals surface area contributed by atoms with E-state index in [1.165, 1.54) is 12.1 Å². The van der Waals surface area contributed by atoms with Crippen molar-refractivity contribution in [1.29, 1.82) is 5.26 Å². The smallest absolute Gasteiger partial charge is 0.143 e. The van der Waals surface area contributed by atoms with E-state index in [9.17, 15) is 4.39 Å². The van der Waals surface area contributed by atoms with Crippen molar-refractivity contribution in [2.45, 2.75) is 6.92 Å². The zero-order valence-corrected chi connectivity index (χ0v) is 9.24. The van der Waals surface area contributed by atoms with Crippen LogP contribution < -0.4 is 5.32 Å². The molecule has 0 fully saturated rings. The summed E-state index contributed by atoms with van der Waals surface area (Å²) in [5, 5.41) is 11.7. The molecule has 0 saturated heterocycles. The summed E-state index contributed by atoms with van der Waals surface area (Å²) in [4.78, 5) is 4.12. The first-order chi connectivity index (χ1) is 8.20. The average molecular weight is 227 g/mol. The molecule has 2 rings (SSSR count). The van der Waals surface area contributed by atoms with Crippen molar-refractivity contribution in [2.75, 3.05) is 5.32 Å². The second-order valence-corrected chi connectivity index (χ2v) is 3.57. The fourth-order valence-corrected chi connectivity index (χ4v) is 1.46. The van der Waals surface area contributed by atoms with Gasteiger partial charge in [-0.25, -0.2) is 4.39 Å². The number of halogens is 1. The van der Waals surface area contributed by atoms with Gasteiger partial charge in [0.2, 0.25) is 0 Å². The van der Waals surface area contributed by atoms with Gasteiger partial charge in [0.1, 0.15) is 11.9 Å². The first-order valence-electron chi connectivity index (χ1n) is 5.09. The van der Waals surface area contributed by atoms with Crippen LogP contribution in [0, 0.1) is 24.1 Å². The number of hydrogen-bond donors (Lipinski definition) is 1. The van der Waals surface area contributed by atoms with E-state index in [0.717, 1.165) is 11.4 Å². The number of anilines is 2. The van der Waals surface area contributed by atoms with E-state index < -0.39 is 5.82 Å². The van der Waals surface area contributed by atoms with E-state index in [4.69, 9.17) is 5.26 Å². The van der Waals surface area contributed by atoms with Crippen molar-refractivity contribution < 1.29 is 4.39 Å². The summed E-state index contributed by atoms with van der Waals surface area (Å²) in [6, 6.07) is 9.85. The summed E-state index contributed by atoms with van der Waals surface area (Å²) < 4.78 is 13.4. The minimum absolute atomic E-state index is 0.0402. The number of rotatable bonds is 2. The van der Waals surface area contributed by atoms with E-state index in [2.05, 4.69) is 10.3 Å². The van der Waals surface area contributed by atoms with Gasteiger partial charge in [0.15, 0.2) is 0 Å². The van der Waals surface area contributed by atoms with Crippen LogP contribution in [0.2, 0.25) is 0 Å². The van der Waals surface area contributed by atoms with E-state index in [0.29, 0.717) is 5.69 Å². The fourth-order valence-electron chi connectivity index (χ4n) is 1.46. The van der Waals surface area contributed by atoms with Crippen LogP contribution in [0.3, 0.4) is 0 Å². The van der Waals surface area contributed by atoms with Gasteiger partial charge in [-0.2, -0.15) is 5.26 Å². The third kappa shape index (κ3) is 2.40. The minimum Gasteiger partial charge on any atom is -0.354 e. The maximum Gasteiger partial charge on any atom is 0.143 e. The Balaban J connectivity index is 2.29. The lowest BCUT2D eigenvalue weighted by Gasteiger charge is -2.08. The van der Waals surface area contributed by atoms with Gasteiger partial charge in [0, 0.05) is 11.9 Å². The van der Waals surface area contributed by atoms with Crippen LogP contribution in [-0.2, 0) is 0 Å². The van der Waals surface area contributed by atoms with Crippen molar-refractivity contribution in [3.8, 4) is 6.07 Å². The molecule has 0 aliphatic heterocycles. The molecular weight excluding hydrogens is 217 g/mol. The second-order valence-electron chi connectivity index (χ2n) is 3.57. The molecule has 2 aromatic rings. The van der Waals surface area contributed by atoms with Crippen molar-refractivity contribution in [2.24, 2.45) is 0 Å². The number of nitrogens with one attached hydrogen (secondary N) is 1. The number of aryl methyl sites for hydroxylation is 1. The first-order valence-corrected chi connectivity index (χ1v) is 5.09. The van der Waals surface area contributed by atoms with Gasteiger partial charge in [-0.15, -0.1) is 0 Å². The number of aromatic nitrogens is 1. The summed E-state index contributed by atoms with van der Waals surface area (Å²) in [7, 11) is 0. The molecule has 0 amide bonds. The Morgan fingerprint density at radius 1 is 1.35 bits per heavy atom. The molecule has 0 atom stereocenters. The monoisotopic (exact) mass is 227 g/mol. The largest absolute Gasteiger partial charge is 0.354 e. The predicted molar refractivity (Wildman–Crippen MR) is 63.4 cm³/mol. The molecule has 3 nitrogen and oxygen atoms in total. The zero-order chi connectivity index (χ0) is 12.3. The zero-order valence-electron chi connectivity index (χ0n) is 9.24. The molecule has 0 aliphatic rings. The number of pyridine rings is 1. The predicted octanol–water partition coefficient (Wildman–Crippen LogP) is 3.14. The molecule has 0 aliphatic carbocycles. The molecule has 1 N–H and O–H groups in total. The van der Waals surface area contributed by atoms with Gasteiger partial charge in [0.05, 0.1) is 16.9 Å². The average Bonchev–Trinajstić information content (AvgIpc) is 2.32. The van der Waals surface area contributed by atoms with Crippen molar-refractivity contribution in [3.63, 3.8) is 0 Å². The van der Waals surface area contributed by atoms with Gasteiger partial charge in [-0.3, -0.25) is 4.98 Å². The summed E-state index contributed by atoms with van der Waals surface area (Å²) in [6.07, 6.45) is 1.69. The van der Waals surface area contributed by atoms with Crippen LogP contribution in [0.5, 0.6) is 0 Å². The molecule has 17 heavy (non-hydrogen) atoms. The van der Waals surface area contributed by atoms with Crippen LogP contribution in [0.15, 0.2) is 36.5 Å². The van der Waals surface area contributed by atoms with E-state index >= 15 is 0 Å². The van der Waals surface area contributed by atoms with Gasteiger partial charge >= 0.3 is 0 Å². The Morgan fingerprint density at radius 3 is 2.82 bits per heavy atom. The maximum absolute atomic E-state index is 13.4. The Bertz CT molecular complexity index is 587. The van der Waals surface area contributed by atoms with Crippen LogP contribution in [0.4, 0.5) is 15.8 Å². The highest BCUT2D eigenvalue weighted by molar-refractivity contribution is 5.62. The van der Waals surface area contributed by atoms with Crippen LogP contribution in [-0.4, -0.2) is 4.98 Å². The first kappa shape index (κ1) is 11.1. The van der Waals surface area contributed by atoms with Crippen LogP contribution in [0.1, 0.15) is 11.3 Å². The number of hydrogen-bond acceptors (Lipinski definition) is 3. The second kappa shape index (κ2) is 4.62. The van der Waals surface area contributed by atoms with E-state index in [1.807, 2.05) is 13.0 Å². The van der Waals surface area contributed by atoms with Gasteiger partial charge in [-0.1, -0.05) is 0 Å². The molecule has 0 spiro atoms. The molecule has 0 bridgehead atoms. The van der Waals surface area contributed by atoms with Crippen molar-refractivity contribution in [3.05, 3.63) is 53.6 Å². The van der Waals surface area contributed by atoms with Crippen molar-refractivity contribution >= 4 is 11.4 Å². The van der Waals surface area contributed by atoms with Crippen molar-refractivity contribution in [1.82, 2.24) is 4.98 Å². The molecular formula is C13H10FN3. The Labute approximate surface area is 98.5 Å². The molecule has 1 aromatic heterocycles. The molecule has 0 unspecified atom stereocenters. The summed E-state index contributed by atoms with van der Waals surface area (Å²) >= 11 is 0. The van der Waals surface area contributed by atoms with E-state index in [-0.39, 0.29) is 5.56 Å². The molecule has 84 valence electrons. The van der Waals surface area contributed by atoms with Crippen LogP contribution >= 0.6 is 0 Å². The lowest BCUT2D eigenvalue weighted by Crippen LogP contribution is -1.95. The van der Waals surface area contributed by atoms with Gasteiger partial charge in [-0.05, 0) is 37.3 Å². The summed E-state index contributed by atoms with van der Waals surface area (Å²) in [6.45, 7) is 1.86. The fraction of sp³-hybridized carbons (Fsp3) is 0.0769. The van der Waals surface area contributed by atoms with Gasteiger partial charge in [0.25, 0.3) is 0 Å². The van der Waals surface area contributed by atoms with Gasteiger partial charge < -0.3 is 5.32 Å². The quantitative estimate of drug-likeness (QED) is 0.857. The maximum atomic E-state index is 13.4. The Kier molecular flexibility index (Phi) is 3.01. The standard InChI is InChI=1S/C13H10FN3/c1-9-13(3-2-6-16-9)17-11-5-4-10(8-15)12(14)7-11/h2-7,17H,1H3. The highest BCUT2D eigenvalue weighted by Gasteiger charge is 2.04. The Hall–Kier alpha value is -2.41. The SMILES string of the molecule is Cc1ncccc1Nc1ccc(C#N)c(F)c1. The molecule has 1 aromatic carbocycles. The Morgan fingerprint density at radius 2 is 2.18 bits per heavy atom. The van der Waals surface area contributed by atoms with E-state index in [1.54, 1.807) is 24.4 Å². The minimum atomic E-state index is -0.529. The topological polar surface area (TPSA) is 48.7 Å². The normalized spacial score (nSPS) is 9.71. The molecule has 4 heteroatoms. The third-order valence-electron chi connectivity index (χ3n) is 2.38. The lowest BCUT2D eigenvalue weighted by molar-refractivity contribution is 0.624. The lowest BCUT2D eigenvalue weighted by atomic mass is 10.2. The highest BCUT2D eigenvalue weighted by Crippen LogP contribution is 2.20. The molecule has 0 saturated carbocycles. The number of nitrogens with zero attached hydrogens (tertiary/aromatic N) is 2. The number of nitriles is 1. The molecule has 0 radical (unpaired) electrons. The highest BCUT2D eigenvalue weighted by atomic mass is 19.1. The third-order valence-corrected chi connectivity index (χ3v) is 2.38.